The van der Waals surface area contributed by atoms with Gasteiger partial charge in [-0.2, -0.15) is 15.1 Å². The molecule has 1 atom stereocenters. The number of anilines is 1. The van der Waals surface area contributed by atoms with Crippen LogP contribution in [-0.2, 0) is 9.47 Å². The number of hydrogen-bond acceptors (Lipinski definition) is 9. The van der Waals surface area contributed by atoms with E-state index in [0.29, 0.717) is 31.5 Å². The summed E-state index contributed by atoms with van der Waals surface area (Å²) in [6.45, 7) is 4.63. The highest BCUT2D eigenvalue weighted by atomic mass is 16.5. The van der Waals surface area contributed by atoms with Crippen LogP contribution < -0.4 is 15.0 Å². The molecule has 1 aliphatic heterocycles. The largest absolute Gasteiger partial charge is 0.458 e. The Morgan fingerprint density at radius 2 is 2.09 bits per heavy atom. The van der Waals surface area contributed by atoms with Gasteiger partial charge in [0.05, 0.1) is 13.2 Å². The lowest BCUT2D eigenvalue weighted by molar-refractivity contribution is 0.0841. The molecule has 3 aromatic rings. The van der Waals surface area contributed by atoms with Crippen LogP contribution in [0.5, 0.6) is 6.01 Å². The van der Waals surface area contributed by atoms with Crippen LogP contribution in [0.25, 0.3) is 11.0 Å². The summed E-state index contributed by atoms with van der Waals surface area (Å²) in [6.07, 6.45) is 3.34. The molecular formula is C23H31N7O4. The number of fused-ring (bicyclic) bond motifs is 1. The number of piperidine rings is 1. The molecule has 1 amide bonds. The molecule has 0 saturated carbocycles. The molecule has 0 aromatic carbocycles. The normalized spacial score (nSPS) is 15.4. The molecule has 0 unspecified atom stereocenters. The maximum atomic E-state index is 12.7. The Balaban J connectivity index is 1.50. The Kier molecular flexibility index (Phi) is 7.86. The zero-order chi connectivity index (χ0) is 23.9. The van der Waals surface area contributed by atoms with E-state index in [1.807, 2.05) is 13.0 Å². The molecule has 1 fully saturated rings. The molecule has 4 heterocycles. The molecule has 0 spiro atoms. The number of pyridine rings is 1. The average Bonchev–Trinajstić information content (AvgIpc) is 3.28. The molecule has 0 radical (unpaired) electrons. The van der Waals surface area contributed by atoms with Crippen LogP contribution in [0.2, 0.25) is 0 Å². The summed E-state index contributed by atoms with van der Waals surface area (Å²) in [6, 6.07) is 5.86. The smallest absolute Gasteiger partial charge is 0.319 e. The summed E-state index contributed by atoms with van der Waals surface area (Å²) in [5, 5.41) is 11.4. The van der Waals surface area contributed by atoms with E-state index in [2.05, 4.69) is 41.4 Å². The van der Waals surface area contributed by atoms with Crippen LogP contribution in [-0.4, -0.2) is 84.2 Å². The SMILES string of the molecule is COCCNC(=O)c1cc(N2CCC(c3[nH]nc4ncccc34)CC2)nc(O[C@H](C)COC)n1. The molecule has 1 aliphatic rings. The summed E-state index contributed by atoms with van der Waals surface area (Å²) in [4.78, 5) is 28.1. The van der Waals surface area contributed by atoms with Crippen molar-refractivity contribution >= 4 is 22.8 Å². The third kappa shape index (κ3) is 5.60. The van der Waals surface area contributed by atoms with Crippen molar-refractivity contribution in [2.75, 3.05) is 52.0 Å². The first-order valence-corrected chi connectivity index (χ1v) is 11.4. The zero-order valence-electron chi connectivity index (χ0n) is 19.8. The number of carbonyl (C=O) groups is 1. The predicted octanol–water partition coefficient (Wildman–Crippen LogP) is 1.92. The van der Waals surface area contributed by atoms with Gasteiger partial charge in [0.15, 0.2) is 5.65 Å². The van der Waals surface area contributed by atoms with Gasteiger partial charge in [0.1, 0.15) is 17.6 Å². The Labute approximate surface area is 198 Å². The van der Waals surface area contributed by atoms with Gasteiger partial charge >= 0.3 is 6.01 Å². The minimum absolute atomic E-state index is 0.159. The summed E-state index contributed by atoms with van der Waals surface area (Å²) in [7, 11) is 3.19. The molecule has 11 heteroatoms. The van der Waals surface area contributed by atoms with E-state index in [1.54, 1.807) is 26.5 Å². The maximum Gasteiger partial charge on any atom is 0.319 e. The van der Waals surface area contributed by atoms with Crippen LogP contribution in [0.15, 0.2) is 24.4 Å². The number of ether oxygens (including phenoxy) is 3. The van der Waals surface area contributed by atoms with Gasteiger partial charge in [0.2, 0.25) is 0 Å². The Bertz CT molecular complexity index is 1100. The first-order chi connectivity index (χ1) is 16.6. The predicted molar refractivity (Wildman–Crippen MR) is 126 cm³/mol. The molecule has 2 N–H and O–H groups in total. The molecule has 4 rings (SSSR count). The fourth-order valence-electron chi connectivity index (χ4n) is 4.13. The van der Waals surface area contributed by atoms with Crippen LogP contribution in [0.1, 0.15) is 41.9 Å². The van der Waals surface area contributed by atoms with Crippen LogP contribution in [0, 0.1) is 0 Å². The van der Waals surface area contributed by atoms with Crippen LogP contribution >= 0.6 is 0 Å². The van der Waals surface area contributed by atoms with Gasteiger partial charge in [-0.3, -0.25) is 9.89 Å². The van der Waals surface area contributed by atoms with Gasteiger partial charge in [0.25, 0.3) is 5.91 Å². The van der Waals surface area contributed by atoms with E-state index in [4.69, 9.17) is 14.2 Å². The lowest BCUT2D eigenvalue weighted by atomic mass is 9.92. The molecule has 182 valence electrons. The zero-order valence-corrected chi connectivity index (χ0v) is 19.8. The van der Waals surface area contributed by atoms with E-state index < -0.39 is 0 Å². The third-order valence-corrected chi connectivity index (χ3v) is 5.81. The van der Waals surface area contributed by atoms with Crippen molar-refractivity contribution in [3.05, 3.63) is 35.8 Å². The number of aromatic nitrogens is 5. The summed E-state index contributed by atoms with van der Waals surface area (Å²) < 4.78 is 16.0. The number of nitrogens with one attached hydrogen (secondary N) is 2. The topological polar surface area (TPSA) is 127 Å². The minimum atomic E-state index is -0.295. The van der Waals surface area contributed by atoms with Gasteiger partial charge in [-0.25, -0.2) is 4.98 Å². The van der Waals surface area contributed by atoms with Crippen molar-refractivity contribution in [1.29, 1.82) is 0 Å². The minimum Gasteiger partial charge on any atom is -0.458 e. The Morgan fingerprint density at radius 3 is 2.85 bits per heavy atom. The fourth-order valence-corrected chi connectivity index (χ4v) is 4.13. The van der Waals surface area contributed by atoms with Gasteiger partial charge in [-0.05, 0) is 31.9 Å². The van der Waals surface area contributed by atoms with E-state index in [-0.39, 0.29) is 23.7 Å². The average molecular weight is 470 g/mol. The molecular weight excluding hydrogens is 438 g/mol. The van der Waals surface area contributed by atoms with Crippen molar-refractivity contribution in [2.45, 2.75) is 31.8 Å². The molecule has 34 heavy (non-hydrogen) atoms. The quantitative estimate of drug-likeness (QED) is 0.428. The maximum absolute atomic E-state index is 12.7. The van der Waals surface area contributed by atoms with E-state index in [9.17, 15) is 4.79 Å². The highest BCUT2D eigenvalue weighted by Crippen LogP contribution is 2.32. The van der Waals surface area contributed by atoms with Crippen molar-refractivity contribution in [3.8, 4) is 6.01 Å². The van der Waals surface area contributed by atoms with Crippen molar-refractivity contribution in [1.82, 2.24) is 30.5 Å². The Morgan fingerprint density at radius 1 is 1.26 bits per heavy atom. The van der Waals surface area contributed by atoms with E-state index in [0.717, 1.165) is 42.7 Å². The number of rotatable bonds is 10. The standard InChI is InChI=1S/C23H31N7O4/c1-15(14-33-3)34-23-26-18(22(31)25-9-12-32-2)13-19(27-23)30-10-6-16(7-11-30)20-17-5-4-8-24-21(17)29-28-20/h4-5,8,13,15-16H,6-7,9-12,14H2,1-3H3,(H,25,31)(H,24,28,29)/t15-/m1/s1. The van der Waals surface area contributed by atoms with E-state index >= 15 is 0 Å². The number of hydrogen-bond donors (Lipinski definition) is 2. The highest BCUT2D eigenvalue weighted by molar-refractivity contribution is 5.93. The number of methoxy groups -OCH3 is 2. The van der Waals surface area contributed by atoms with E-state index in [1.165, 1.54) is 0 Å². The van der Waals surface area contributed by atoms with Gasteiger partial charge in [-0.1, -0.05) is 0 Å². The summed E-state index contributed by atoms with van der Waals surface area (Å²) >= 11 is 0. The number of nitrogens with zero attached hydrogens (tertiary/aromatic N) is 5. The molecule has 11 nitrogen and oxygen atoms in total. The van der Waals surface area contributed by atoms with Crippen molar-refractivity contribution in [2.24, 2.45) is 0 Å². The molecule has 0 aliphatic carbocycles. The second kappa shape index (κ2) is 11.2. The van der Waals surface area contributed by atoms with Crippen LogP contribution in [0.3, 0.4) is 0 Å². The van der Waals surface area contributed by atoms with Crippen molar-refractivity contribution in [3.63, 3.8) is 0 Å². The monoisotopic (exact) mass is 469 g/mol. The Hall–Kier alpha value is -3.31. The fraction of sp³-hybridized carbons (Fsp3) is 0.522. The first kappa shape index (κ1) is 23.8. The highest BCUT2D eigenvalue weighted by Gasteiger charge is 2.26. The number of carbonyl (C=O) groups excluding carboxylic acids is 1. The second-order valence-electron chi connectivity index (χ2n) is 8.30. The number of aromatic amines is 1. The van der Waals surface area contributed by atoms with Crippen LogP contribution in [0.4, 0.5) is 5.82 Å². The second-order valence-corrected chi connectivity index (χ2v) is 8.30. The lowest BCUT2D eigenvalue weighted by Gasteiger charge is -2.32. The molecule has 3 aromatic heterocycles. The van der Waals surface area contributed by atoms with Gasteiger partial charge < -0.3 is 24.4 Å². The first-order valence-electron chi connectivity index (χ1n) is 11.4. The molecule has 0 bridgehead atoms. The van der Waals surface area contributed by atoms with Gasteiger partial charge in [0, 0.05) is 63.1 Å². The van der Waals surface area contributed by atoms with Crippen molar-refractivity contribution < 1.29 is 19.0 Å². The molecule has 1 saturated heterocycles. The van der Waals surface area contributed by atoms with Gasteiger partial charge in [-0.15, -0.1) is 0 Å². The third-order valence-electron chi connectivity index (χ3n) is 5.81. The number of amides is 1. The lowest BCUT2D eigenvalue weighted by Crippen LogP contribution is -2.34. The number of H-pyrrole nitrogens is 1. The summed E-state index contributed by atoms with van der Waals surface area (Å²) in [5.74, 6) is 0.721. The summed E-state index contributed by atoms with van der Waals surface area (Å²) in [5.41, 5.74) is 2.13.